The molecule has 1 atom stereocenters. The SMILES string of the molecule is O=C(NC(Cc1cccnc1)C(=O)N1CCC(C(=O)O)CC1)c1ccccc1. The quantitative estimate of drug-likeness (QED) is 0.794. The van der Waals surface area contributed by atoms with E-state index in [1.54, 1.807) is 47.6 Å². The summed E-state index contributed by atoms with van der Waals surface area (Å²) in [6.45, 7) is 0.751. The molecule has 2 heterocycles. The highest BCUT2D eigenvalue weighted by Crippen LogP contribution is 2.19. The van der Waals surface area contributed by atoms with Gasteiger partial charge in [-0.25, -0.2) is 0 Å². The minimum absolute atomic E-state index is 0.197. The van der Waals surface area contributed by atoms with Crippen molar-refractivity contribution < 1.29 is 19.5 Å². The number of amides is 2. The average Bonchev–Trinajstić information content (AvgIpc) is 2.74. The van der Waals surface area contributed by atoms with Crippen LogP contribution >= 0.6 is 0 Å². The third kappa shape index (κ3) is 4.94. The molecule has 2 amide bonds. The smallest absolute Gasteiger partial charge is 0.306 e. The van der Waals surface area contributed by atoms with Crippen LogP contribution in [0.3, 0.4) is 0 Å². The summed E-state index contributed by atoms with van der Waals surface area (Å²) >= 11 is 0. The summed E-state index contributed by atoms with van der Waals surface area (Å²) in [4.78, 5) is 42.5. The Morgan fingerprint density at radius 2 is 1.82 bits per heavy atom. The third-order valence-corrected chi connectivity index (χ3v) is 4.96. The Hall–Kier alpha value is -3.22. The minimum atomic E-state index is -0.823. The number of piperidine rings is 1. The van der Waals surface area contributed by atoms with E-state index in [1.807, 2.05) is 12.1 Å². The summed E-state index contributed by atoms with van der Waals surface area (Å²) in [5.41, 5.74) is 1.32. The fourth-order valence-corrected chi connectivity index (χ4v) is 3.35. The van der Waals surface area contributed by atoms with Crippen LogP contribution < -0.4 is 5.32 Å². The van der Waals surface area contributed by atoms with Crippen LogP contribution in [0.15, 0.2) is 54.9 Å². The van der Waals surface area contributed by atoms with Gasteiger partial charge in [0.2, 0.25) is 5.91 Å². The van der Waals surface area contributed by atoms with E-state index >= 15 is 0 Å². The van der Waals surface area contributed by atoms with Crippen LogP contribution in [0.25, 0.3) is 0 Å². The molecule has 7 heteroatoms. The molecule has 1 aliphatic heterocycles. The zero-order chi connectivity index (χ0) is 19.9. The standard InChI is InChI=1S/C21H23N3O4/c25-19(16-6-2-1-3-7-16)23-18(13-15-5-4-10-22-14-15)20(26)24-11-8-17(9-12-24)21(27)28/h1-7,10,14,17-18H,8-9,11-13H2,(H,23,25)(H,27,28). The van der Waals surface area contributed by atoms with E-state index in [2.05, 4.69) is 10.3 Å². The molecule has 28 heavy (non-hydrogen) atoms. The number of hydrogen-bond donors (Lipinski definition) is 2. The number of hydrogen-bond acceptors (Lipinski definition) is 4. The number of likely N-dealkylation sites (tertiary alicyclic amines) is 1. The molecule has 0 spiro atoms. The van der Waals surface area contributed by atoms with Gasteiger partial charge in [-0.1, -0.05) is 24.3 Å². The molecule has 2 aromatic rings. The molecule has 3 rings (SSSR count). The summed E-state index contributed by atoms with van der Waals surface area (Å²) in [6.07, 6.45) is 4.50. The van der Waals surface area contributed by atoms with Crippen molar-refractivity contribution in [1.29, 1.82) is 0 Å². The molecule has 1 fully saturated rings. The maximum absolute atomic E-state index is 13.1. The first-order valence-corrected chi connectivity index (χ1v) is 9.31. The largest absolute Gasteiger partial charge is 0.481 e. The lowest BCUT2D eigenvalue weighted by Crippen LogP contribution is -2.52. The predicted octanol–water partition coefficient (Wildman–Crippen LogP) is 1.75. The molecule has 0 radical (unpaired) electrons. The van der Waals surface area contributed by atoms with Crippen LogP contribution in [0.5, 0.6) is 0 Å². The number of aliphatic carboxylic acids is 1. The van der Waals surface area contributed by atoms with Crippen molar-refractivity contribution in [2.45, 2.75) is 25.3 Å². The number of benzene rings is 1. The van der Waals surface area contributed by atoms with Crippen molar-refractivity contribution >= 4 is 17.8 Å². The number of aromatic nitrogens is 1. The number of carbonyl (C=O) groups excluding carboxylic acids is 2. The van der Waals surface area contributed by atoms with Crippen LogP contribution in [0, 0.1) is 5.92 Å². The second kappa shape index (κ2) is 9.12. The molecular weight excluding hydrogens is 358 g/mol. The van der Waals surface area contributed by atoms with E-state index in [9.17, 15) is 14.4 Å². The van der Waals surface area contributed by atoms with Gasteiger partial charge in [-0.2, -0.15) is 0 Å². The predicted molar refractivity (Wildman–Crippen MR) is 103 cm³/mol. The lowest BCUT2D eigenvalue weighted by Gasteiger charge is -2.33. The first-order valence-electron chi connectivity index (χ1n) is 9.31. The molecule has 2 N–H and O–H groups in total. The molecule has 146 valence electrons. The molecule has 1 saturated heterocycles. The Morgan fingerprint density at radius 3 is 2.43 bits per heavy atom. The molecule has 1 unspecified atom stereocenters. The summed E-state index contributed by atoms with van der Waals surface area (Å²) in [7, 11) is 0. The van der Waals surface area contributed by atoms with Gasteiger partial charge in [0.25, 0.3) is 5.91 Å². The lowest BCUT2D eigenvalue weighted by atomic mass is 9.96. The van der Waals surface area contributed by atoms with Gasteiger partial charge in [0.15, 0.2) is 0 Å². The Balaban J connectivity index is 1.73. The maximum atomic E-state index is 13.1. The molecule has 1 aromatic heterocycles. The van der Waals surface area contributed by atoms with Gasteiger partial charge in [0, 0.05) is 37.5 Å². The Labute approximate surface area is 163 Å². The van der Waals surface area contributed by atoms with E-state index in [1.165, 1.54) is 0 Å². The van der Waals surface area contributed by atoms with Crippen molar-refractivity contribution in [2.75, 3.05) is 13.1 Å². The highest BCUT2D eigenvalue weighted by atomic mass is 16.4. The average molecular weight is 381 g/mol. The molecule has 0 aliphatic carbocycles. The van der Waals surface area contributed by atoms with Crippen molar-refractivity contribution in [2.24, 2.45) is 5.92 Å². The van der Waals surface area contributed by atoms with Gasteiger partial charge in [-0.05, 0) is 36.6 Å². The fourth-order valence-electron chi connectivity index (χ4n) is 3.35. The van der Waals surface area contributed by atoms with Gasteiger partial charge in [0.1, 0.15) is 6.04 Å². The van der Waals surface area contributed by atoms with E-state index in [-0.39, 0.29) is 11.8 Å². The van der Waals surface area contributed by atoms with E-state index < -0.39 is 17.9 Å². The number of rotatable bonds is 6. The first-order chi connectivity index (χ1) is 13.5. The normalized spacial score (nSPS) is 15.6. The van der Waals surface area contributed by atoms with Crippen molar-refractivity contribution in [3.63, 3.8) is 0 Å². The maximum Gasteiger partial charge on any atom is 0.306 e. The van der Waals surface area contributed by atoms with Gasteiger partial charge in [-0.15, -0.1) is 0 Å². The zero-order valence-corrected chi connectivity index (χ0v) is 15.5. The van der Waals surface area contributed by atoms with Crippen LogP contribution in [0.1, 0.15) is 28.8 Å². The molecule has 0 bridgehead atoms. The lowest BCUT2D eigenvalue weighted by molar-refractivity contribution is -0.146. The number of carboxylic acids is 1. The monoisotopic (exact) mass is 381 g/mol. The van der Waals surface area contributed by atoms with Crippen LogP contribution in [-0.2, 0) is 16.0 Å². The van der Waals surface area contributed by atoms with Crippen LogP contribution in [0.2, 0.25) is 0 Å². The topological polar surface area (TPSA) is 99.6 Å². The molecule has 1 aromatic carbocycles. The number of carboxylic acid groups (broad SMARTS) is 1. The van der Waals surface area contributed by atoms with Gasteiger partial charge in [0.05, 0.1) is 5.92 Å². The minimum Gasteiger partial charge on any atom is -0.481 e. The summed E-state index contributed by atoms with van der Waals surface area (Å²) < 4.78 is 0. The third-order valence-electron chi connectivity index (χ3n) is 4.96. The van der Waals surface area contributed by atoms with Crippen molar-refractivity contribution in [1.82, 2.24) is 15.2 Å². The second-order valence-electron chi connectivity index (χ2n) is 6.90. The first kappa shape index (κ1) is 19.5. The summed E-state index contributed by atoms with van der Waals surface area (Å²) in [5.74, 6) is -1.75. The van der Waals surface area contributed by atoms with E-state index in [4.69, 9.17) is 5.11 Å². The molecule has 0 saturated carbocycles. The zero-order valence-electron chi connectivity index (χ0n) is 15.5. The van der Waals surface area contributed by atoms with Crippen LogP contribution in [-0.4, -0.2) is 51.9 Å². The number of nitrogens with zero attached hydrogens (tertiary/aromatic N) is 2. The van der Waals surface area contributed by atoms with Gasteiger partial charge >= 0.3 is 5.97 Å². The molecule has 1 aliphatic rings. The fraction of sp³-hybridized carbons (Fsp3) is 0.333. The number of nitrogens with one attached hydrogen (secondary N) is 1. The second-order valence-corrected chi connectivity index (χ2v) is 6.90. The van der Waals surface area contributed by atoms with Gasteiger partial charge < -0.3 is 15.3 Å². The molecule has 7 nitrogen and oxygen atoms in total. The number of pyridine rings is 1. The van der Waals surface area contributed by atoms with E-state index in [0.29, 0.717) is 37.9 Å². The Kier molecular flexibility index (Phi) is 6.37. The highest BCUT2D eigenvalue weighted by molar-refractivity contribution is 5.97. The highest BCUT2D eigenvalue weighted by Gasteiger charge is 2.31. The van der Waals surface area contributed by atoms with Gasteiger partial charge in [-0.3, -0.25) is 19.4 Å². The Bertz CT molecular complexity index is 818. The number of carbonyl (C=O) groups is 3. The van der Waals surface area contributed by atoms with Crippen LogP contribution in [0.4, 0.5) is 0 Å². The summed E-state index contributed by atoms with van der Waals surface area (Å²) in [5, 5.41) is 12.0. The molecular formula is C21H23N3O4. The van der Waals surface area contributed by atoms with Crippen molar-refractivity contribution in [3.05, 3.63) is 66.0 Å². The van der Waals surface area contributed by atoms with E-state index in [0.717, 1.165) is 5.56 Å². The van der Waals surface area contributed by atoms with Crippen molar-refractivity contribution in [3.8, 4) is 0 Å². The Morgan fingerprint density at radius 1 is 1.11 bits per heavy atom. The summed E-state index contributed by atoms with van der Waals surface area (Å²) in [6, 6.07) is 11.7.